The summed E-state index contributed by atoms with van der Waals surface area (Å²) in [6.45, 7) is 7.84. The topological polar surface area (TPSA) is 78.9 Å². The highest BCUT2D eigenvalue weighted by molar-refractivity contribution is 6.32. The van der Waals surface area contributed by atoms with Gasteiger partial charge >= 0.3 is 0 Å². The second-order valence-electron chi connectivity index (χ2n) is 10.2. The number of aliphatic hydroxyl groups is 1. The van der Waals surface area contributed by atoms with E-state index < -0.39 is 11.0 Å². The molecule has 3 rings (SSSR count). The van der Waals surface area contributed by atoms with Crippen LogP contribution in [0.25, 0.3) is 0 Å². The third-order valence-corrected chi connectivity index (χ3v) is 7.83. The van der Waals surface area contributed by atoms with Crippen molar-refractivity contribution < 1.29 is 19.4 Å². The van der Waals surface area contributed by atoms with Gasteiger partial charge in [-0.15, -0.1) is 0 Å². The van der Waals surface area contributed by atoms with Crippen LogP contribution in [-0.2, 0) is 15.2 Å². The standard InChI is InChI=1S/C25H37ClN2O4/c1-17(15-29)21(27-23(30)18-7-5-6-8-18)14-28-12-11-25(31,24(2,3)16-28)19-9-10-20(26)22(13-19)32-4/h9-10,13,15,17-18,21,31H,5-8,11-12,14,16H2,1-4H3,(H,27,30). The zero-order valence-electron chi connectivity index (χ0n) is 19.7. The number of benzene rings is 1. The summed E-state index contributed by atoms with van der Waals surface area (Å²) in [5.41, 5.74) is -0.717. The lowest BCUT2D eigenvalue weighted by atomic mass is 9.66. The maximum atomic E-state index is 12.7. The number of hydrogen-bond acceptors (Lipinski definition) is 5. The van der Waals surface area contributed by atoms with E-state index in [2.05, 4.69) is 24.1 Å². The predicted octanol–water partition coefficient (Wildman–Crippen LogP) is 3.78. The number of rotatable bonds is 8. The fourth-order valence-electron chi connectivity index (χ4n) is 5.24. The number of nitrogens with one attached hydrogen (secondary N) is 1. The molecule has 2 N–H and O–H groups in total. The molecule has 1 aromatic carbocycles. The zero-order chi connectivity index (χ0) is 23.5. The van der Waals surface area contributed by atoms with Gasteiger partial charge in [-0.1, -0.05) is 51.3 Å². The van der Waals surface area contributed by atoms with Crippen LogP contribution >= 0.6 is 11.6 Å². The monoisotopic (exact) mass is 464 g/mol. The van der Waals surface area contributed by atoms with Crippen molar-refractivity contribution in [1.29, 1.82) is 0 Å². The van der Waals surface area contributed by atoms with E-state index in [-0.39, 0.29) is 23.8 Å². The molecule has 7 heteroatoms. The minimum atomic E-state index is -1.04. The first-order chi connectivity index (χ1) is 15.1. The van der Waals surface area contributed by atoms with Gasteiger partial charge in [0.15, 0.2) is 0 Å². The summed E-state index contributed by atoms with van der Waals surface area (Å²) >= 11 is 6.19. The van der Waals surface area contributed by atoms with Gasteiger partial charge in [-0.25, -0.2) is 0 Å². The molecule has 1 saturated carbocycles. The van der Waals surface area contributed by atoms with Gasteiger partial charge < -0.3 is 24.9 Å². The number of nitrogens with zero attached hydrogens (tertiary/aromatic N) is 1. The van der Waals surface area contributed by atoms with Crippen molar-refractivity contribution in [3.8, 4) is 5.75 Å². The van der Waals surface area contributed by atoms with Gasteiger partial charge in [-0.3, -0.25) is 4.79 Å². The Morgan fingerprint density at radius 3 is 2.66 bits per heavy atom. The number of ether oxygens (including phenoxy) is 1. The van der Waals surface area contributed by atoms with E-state index in [1.807, 2.05) is 19.1 Å². The van der Waals surface area contributed by atoms with Crippen molar-refractivity contribution in [2.45, 2.75) is 64.5 Å². The zero-order valence-corrected chi connectivity index (χ0v) is 20.5. The second kappa shape index (κ2) is 10.1. The highest BCUT2D eigenvalue weighted by atomic mass is 35.5. The number of likely N-dealkylation sites (tertiary alicyclic amines) is 1. The molecule has 1 aromatic rings. The van der Waals surface area contributed by atoms with Crippen molar-refractivity contribution >= 4 is 23.8 Å². The van der Waals surface area contributed by atoms with Gasteiger partial charge in [0.1, 0.15) is 12.0 Å². The van der Waals surface area contributed by atoms with E-state index in [9.17, 15) is 14.7 Å². The van der Waals surface area contributed by atoms with E-state index in [4.69, 9.17) is 16.3 Å². The van der Waals surface area contributed by atoms with Crippen molar-refractivity contribution in [3.63, 3.8) is 0 Å². The first kappa shape index (κ1) is 25.0. The molecule has 0 spiro atoms. The number of amides is 1. The minimum Gasteiger partial charge on any atom is -0.495 e. The van der Waals surface area contributed by atoms with Gasteiger partial charge in [-0.05, 0) is 37.0 Å². The number of hydrogen-bond donors (Lipinski definition) is 2. The van der Waals surface area contributed by atoms with Crippen molar-refractivity contribution in [1.82, 2.24) is 10.2 Å². The van der Waals surface area contributed by atoms with Gasteiger partial charge in [-0.2, -0.15) is 0 Å². The normalized spacial score (nSPS) is 25.8. The van der Waals surface area contributed by atoms with E-state index in [1.165, 1.54) is 0 Å². The smallest absolute Gasteiger partial charge is 0.223 e. The highest BCUT2D eigenvalue weighted by Gasteiger charge is 2.49. The van der Waals surface area contributed by atoms with E-state index >= 15 is 0 Å². The summed E-state index contributed by atoms with van der Waals surface area (Å²) in [5, 5.41) is 15.4. The summed E-state index contributed by atoms with van der Waals surface area (Å²) in [6.07, 6.45) is 5.51. The average Bonchev–Trinajstić information content (AvgIpc) is 3.30. The molecule has 0 aromatic heterocycles. The predicted molar refractivity (Wildman–Crippen MR) is 126 cm³/mol. The second-order valence-corrected chi connectivity index (χ2v) is 10.6. The van der Waals surface area contributed by atoms with Crippen LogP contribution in [0.15, 0.2) is 18.2 Å². The third-order valence-electron chi connectivity index (χ3n) is 7.51. The number of halogens is 1. The lowest BCUT2D eigenvalue weighted by Crippen LogP contribution is -2.58. The molecular weight excluding hydrogens is 428 g/mol. The maximum absolute atomic E-state index is 12.7. The molecule has 1 aliphatic carbocycles. The van der Waals surface area contributed by atoms with Crippen LogP contribution in [0.5, 0.6) is 5.75 Å². The first-order valence-electron chi connectivity index (χ1n) is 11.7. The number of aldehydes is 1. The van der Waals surface area contributed by atoms with Gasteiger partial charge in [0.05, 0.1) is 23.8 Å². The Labute approximate surface area is 196 Å². The van der Waals surface area contributed by atoms with Crippen LogP contribution < -0.4 is 10.1 Å². The summed E-state index contributed by atoms with van der Waals surface area (Å²) in [5.74, 6) is 0.413. The van der Waals surface area contributed by atoms with Crippen LogP contribution in [0, 0.1) is 17.3 Å². The molecule has 1 amide bonds. The van der Waals surface area contributed by atoms with E-state index in [0.29, 0.717) is 36.8 Å². The van der Waals surface area contributed by atoms with Gasteiger partial charge in [0, 0.05) is 36.9 Å². The fraction of sp³-hybridized carbons (Fsp3) is 0.680. The molecular formula is C25H37ClN2O4. The fourth-order valence-corrected chi connectivity index (χ4v) is 5.43. The molecule has 2 fully saturated rings. The van der Waals surface area contributed by atoms with E-state index in [1.54, 1.807) is 13.2 Å². The molecule has 3 unspecified atom stereocenters. The maximum Gasteiger partial charge on any atom is 0.223 e. The first-order valence-corrected chi connectivity index (χ1v) is 12.0. The number of carbonyl (C=O) groups is 2. The van der Waals surface area contributed by atoms with Crippen molar-refractivity contribution in [2.75, 3.05) is 26.7 Å². The molecule has 6 nitrogen and oxygen atoms in total. The van der Waals surface area contributed by atoms with Gasteiger partial charge in [0.2, 0.25) is 5.91 Å². The summed E-state index contributed by atoms with van der Waals surface area (Å²) in [6, 6.07) is 5.20. The van der Waals surface area contributed by atoms with Gasteiger partial charge in [0.25, 0.3) is 0 Å². The van der Waals surface area contributed by atoms with Crippen molar-refractivity contribution in [2.24, 2.45) is 17.3 Å². The molecule has 1 heterocycles. The molecule has 32 heavy (non-hydrogen) atoms. The SMILES string of the molecule is COc1cc(C2(O)CCN(CC(NC(=O)C3CCCC3)C(C)C=O)CC2(C)C)ccc1Cl. The molecule has 2 aliphatic rings. The van der Waals surface area contributed by atoms with Crippen LogP contribution in [0.3, 0.4) is 0 Å². The van der Waals surface area contributed by atoms with E-state index in [0.717, 1.165) is 37.5 Å². The van der Waals surface area contributed by atoms with Crippen LogP contribution in [0.2, 0.25) is 5.02 Å². The molecule has 178 valence electrons. The Kier molecular flexibility index (Phi) is 7.89. The summed E-state index contributed by atoms with van der Waals surface area (Å²) < 4.78 is 5.35. The number of piperidine rings is 1. The number of carbonyl (C=O) groups excluding carboxylic acids is 2. The van der Waals surface area contributed by atoms with Crippen molar-refractivity contribution in [3.05, 3.63) is 28.8 Å². The Morgan fingerprint density at radius 2 is 2.06 bits per heavy atom. The molecule has 1 aliphatic heterocycles. The lowest BCUT2D eigenvalue weighted by molar-refractivity contribution is -0.131. The summed E-state index contributed by atoms with van der Waals surface area (Å²) in [4.78, 5) is 26.5. The number of methoxy groups -OCH3 is 1. The quantitative estimate of drug-likeness (QED) is 0.572. The van der Waals surface area contributed by atoms with Crippen LogP contribution in [-0.4, -0.2) is 55.0 Å². The molecule has 0 radical (unpaired) electrons. The average molecular weight is 465 g/mol. The highest BCUT2D eigenvalue weighted by Crippen LogP contribution is 2.47. The lowest BCUT2D eigenvalue weighted by Gasteiger charge is -2.51. The Morgan fingerprint density at radius 1 is 1.38 bits per heavy atom. The Hall–Kier alpha value is -1.63. The van der Waals surface area contributed by atoms with Crippen LogP contribution in [0.4, 0.5) is 0 Å². The molecule has 0 bridgehead atoms. The molecule has 1 saturated heterocycles. The van der Waals surface area contributed by atoms with Crippen LogP contribution in [0.1, 0.15) is 58.4 Å². The minimum absolute atomic E-state index is 0.0686. The Bertz CT molecular complexity index is 824. The summed E-state index contributed by atoms with van der Waals surface area (Å²) in [7, 11) is 1.57. The Balaban J connectivity index is 1.72. The molecule has 3 atom stereocenters. The third kappa shape index (κ3) is 5.13. The largest absolute Gasteiger partial charge is 0.495 e.